The van der Waals surface area contributed by atoms with E-state index in [1.807, 2.05) is 20.8 Å². The molecule has 6 nitrogen and oxygen atoms in total. The number of nitrogens with one attached hydrogen (secondary N) is 3. The number of nitrogens with zero attached hydrogens (tertiary/aromatic N) is 1. The van der Waals surface area contributed by atoms with Crippen LogP contribution in [-0.2, 0) is 10.2 Å². The molecule has 1 amide bonds. The number of benzene rings is 1. The molecule has 0 aromatic heterocycles. The Labute approximate surface area is 178 Å². The van der Waals surface area contributed by atoms with Crippen LogP contribution in [0.1, 0.15) is 40.2 Å². The largest absolute Gasteiger partial charge is 0.444 e. The number of alkyl carbamates (subject to hydrolysis) is 1. The van der Waals surface area contributed by atoms with E-state index in [1.54, 1.807) is 19.2 Å². The van der Waals surface area contributed by atoms with Crippen molar-refractivity contribution in [2.24, 2.45) is 4.99 Å². The van der Waals surface area contributed by atoms with Gasteiger partial charge in [0.15, 0.2) is 5.96 Å². The van der Waals surface area contributed by atoms with Crippen LogP contribution < -0.4 is 16.0 Å². The van der Waals surface area contributed by atoms with Gasteiger partial charge in [-0.2, -0.15) is 0 Å². The summed E-state index contributed by atoms with van der Waals surface area (Å²) in [4.78, 5) is 15.7. The number of hydrogen-bond donors (Lipinski definition) is 3. The molecule has 1 aromatic rings. The Morgan fingerprint density at radius 2 is 1.59 bits per heavy atom. The first-order valence-corrected chi connectivity index (χ1v) is 8.71. The molecule has 0 aliphatic rings. The van der Waals surface area contributed by atoms with E-state index in [-0.39, 0.29) is 35.2 Å². The fourth-order valence-corrected chi connectivity index (χ4v) is 2.19. The van der Waals surface area contributed by atoms with Crippen LogP contribution in [0.2, 0.25) is 0 Å². The predicted molar refractivity (Wildman–Crippen MR) is 118 cm³/mol. The molecule has 0 bridgehead atoms. The van der Waals surface area contributed by atoms with E-state index in [1.165, 1.54) is 12.1 Å². The van der Waals surface area contributed by atoms with Crippen LogP contribution in [0, 0.1) is 5.82 Å². The minimum Gasteiger partial charge on any atom is -0.444 e. The minimum absolute atomic E-state index is 0. The summed E-state index contributed by atoms with van der Waals surface area (Å²) in [7, 11) is 1.68. The Kier molecular flexibility index (Phi) is 10.6. The van der Waals surface area contributed by atoms with Crippen molar-refractivity contribution in [1.82, 2.24) is 16.0 Å². The second kappa shape index (κ2) is 11.3. The summed E-state index contributed by atoms with van der Waals surface area (Å²) in [6.07, 6.45) is -0.445. The second-order valence-corrected chi connectivity index (χ2v) is 7.67. The zero-order valence-corrected chi connectivity index (χ0v) is 19.3. The van der Waals surface area contributed by atoms with E-state index >= 15 is 0 Å². The maximum absolute atomic E-state index is 13.1. The highest BCUT2D eigenvalue weighted by Crippen LogP contribution is 2.22. The Morgan fingerprint density at radius 3 is 2.11 bits per heavy atom. The molecule has 0 aliphatic carbocycles. The van der Waals surface area contributed by atoms with E-state index in [9.17, 15) is 9.18 Å². The molecule has 0 unspecified atom stereocenters. The molecule has 154 valence electrons. The predicted octanol–water partition coefficient (Wildman–Crippen LogP) is 3.41. The first-order valence-electron chi connectivity index (χ1n) is 8.71. The molecule has 27 heavy (non-hydrogen) atoms. The highest BCUT2D eigenvalue weighted by Gasteiger charge is 2.21. The van der Waals surface area contributed by atoms with E-state index in [0.717, 1.165) is 5.56 Å². The summed E-state index contributed by atoms with van der Waals surface area (Å²) in [5.41, 5.74) is 0.328. The normalized spacial score (nSPS) is 12.0. The number of guanidine groups is 1. The fourth-order valence-electron chi connectivity index (χ4n) is 2.19. The van der Waals surface area contributed by atoms with E-state index in [2.05, 4.69) is 34.8 Å². The second-order valence-electron chi connectivity index (χ2n) is 7.67. The van der Waals surface area contributed by atoms with Crippen molar-refractivity contribution in [2.45, 2.75) is 45.6 Å². The zero-order chi connectivity index (χ0) is 19.8. The molecule has 0 fully saturated rings. The van der Waals surface area contributed by atoms with E-state index in [4.69, 9.17) is 4.74 Å². The lowest BCUT2D eigenvalue weighted by molar-refractivity contribution is 0.0529. The number of carbonyl (C=O) groups is 1. The Morgan fingerprint density at radius 1 is 1.04 bits per heavy atom. The summed E-state index contributed by atoms with van der Waals surface area (Å²) in [5, 5.41) is 9.06. The monoisotopic (exact) mass is 494 g/mol. The van der Waals surface area contributed by atoms with Crippen LogP contribution in [0.3, 0.4) is 0 Å². The van der Waals surface area contributed by atoms with Crippen molar-refractivity contribution in [3.05, 3.63) is 35.6 Å². The minimum atomic E-state index is -0.513. The van der Waals surface area contributed by atoms with Crippen molar-refractivity contribution in [2.75, 3.05) is 26.7 Å². The molecule has 0 saturated heterocycles. The Hall–Kier alpha value is -1.58. The van der Waals surface area contributed by atoms with E-state index in [0.29, 0.717) is 25.6 Å². The molecule has 0 atom stereocenters. The van der Waals surface area contributed by atoms with Crippen LogP contribution in [0.25, 0.3) is 0 Å². The van der Waals surface area contributed by atoms with Crippen LogP contribution in [0.15, 0.2) is 29.3 Å². The highest BCUT2D eigenvalue weighted by atomic mass is 127. The van der Waals surface area contributed by atoms with Gasteiger partial charge in [-0.05, 0) is 38.5 Å². The molecular formula is C19H32FIN4O2. The average Bonchev–Trinajstić information content (AvgIpc) is 2.53. The number of ether oxygens (including phenoxy) is 1. The van der Waals surface area contributed by atoms with Gasteiger partial charge < -0.3 is 20.7 Å². The molecule has 0 aliphatic heterocycles. The number of hydrogen-bond acceptors (Lipinski definition) is 3. The summed E-state index contributed by atoms with van der Waals surface area (Å²) in [6.45, 7) is 11.2. The fraction of sp³-hybridized carbons (Fsp3) is 0.579. The molecule has 0 saturated carbocycles. The van der Waals surface area contributed by atoms with Crippen molar-refractivity contribution in [3.63, 3.8) is 0 Å². The summed E-state index contributed by atoms with van der Waals surface area (Å²) >= 11 is 0. The van der Waals surface area contributed by atoms with Gasteiger partial charge in [0.05, 0.1) is 0 Å². The molecule has 8 heteroatoms. The lowest BCUT2D eigenvalue weighted by Crippen LogP contribution is -2.45. The Balaban J connectivity index is 0.00000676. The first kappa shape index (κ1) is 25.4. The number of amides is 1. The van der Waals surface area contributed by atoms with Crippen LogP contribution in [0.5, 0.6) is 0 Å². The summed E-state index contributed by atoms with van der Waals surface area (Å²) in [6, 6.07) is 6.51. The summed E-state index contributed by atoms with van der Waals surface area (Å²) < 4.78 is 18.3. The maximum Gasteiger partial charge on any atom is 0.407 e. The van der Waals surface area contributed by atoms with Crippen molar-refractivity contribution in [1.29, 1.82) is 0 Å². The third-order valence-electron chi connectivity index (χ3n) is 3.63. The SMILES string of the molecule is CN=C(NCCNC(=O)OC(C)(C)C)NCC(C)(C)c1ccc(F)cc1.I. The maximum atomic E-state index is 13.1. The van der Waals surface area contributed by atoms with Gasteiger partial charge in [-0.15, -0.1) is 24.0 Å². The quantitative estimate of drug-likeness (QED) is 0.245. The lowest BCUT2D eigenvalue weighted by Gasteiger charge is -2.27. The third kappa shape index (κ3) is 10.4. The topological polar surface area (TPSA) is 74.8 Å². The Bertz CT molecular complexity index is 613. The number of halogens is 2. The summed E-state index contributed by atoms with van der Waals surface area (Å²) in [5.74, 6) is 0.388. The lowest BCUT2D eigenvalue weighted by atomic mass is 9.84. The third-order valence-corrected chi connectivity index (χ3v) is 3.63. The molecule has 3 N–H and O–H groups in total. The van der Waals surface area contributed by atoms with Crippen LogP contribution in [-0.4, -0.2) is 44.3 Å². The molecule has 1 rings (SSSR count). The van der Waals surface area contributed by atoms with Crippen molar-refractivity contribution >= 4 is 36.0 Å². The van der Waals surface area contributed by atoms with Gasteiger partial charge in [0.25, 0.3) is 0 Å². The van der Waals surface area contributed by atoms with Gasteiger partial charge in [0.2, 0.25) is 0 Å². The van der Waals surface area contributed by atoms with Crippen LogP contribution >= 0.6 is 24.0 Å². The van der Waals surface area contributed by atoms with Gasteiger partial charge in [-0.3, -0.25) is 4.99 Å². The first-order chi connectivity index (χ1) is 12.0. The molecule has 0 spiro atoms. The van der Waals surface area contributed by atoms with E-state index < -0.39 is 11.7 Å². The molecule has 0 heterocycles. The average molecular weight is 494 g/mol. The molecule has 0 radical (unpaired) electrons. The standard InChI is InChI=1S/C19H31FN4O2.HI/c1-18(2,3)26-17(25)23-12-11-22-16(21-6)24-13-19(4,5)14-7-9-15(20)10-8-14;/h7-10H,11-13H2,1-6H3,(H,23,25)(H2,21,22,24);1H. The highest BCUT2D eigenvalue weighted by molar-refractivity contribution is 14.0. The zero-order valence-electron chi connectivity index (χ0n) is 17.0. The smallest absolute Gasteiger partial charge is 0.407 e. The van der Waals surface area contributed by atoms with Gasteiger partial charge in [-0.25, -0.2) is 9.18 Å². The van der Waals surface area contributed by atoms with Crippen molar-refractivity contribution in [3.8, 4) is 0 Å². The molecule has 1 aromatic carbocycles. The van der Waals surface area contributed by atoms with Gasteiger partial charge >= 0.3 is 6.09 Å². The van der Waals surface area contributed by atoms with Crippen molar-refractivity contribution < 1.29 is 13.9 Å². The van der Waals surface area contributed by atoms with Crippen LogP contribution in [0.4, 0.5) is 9.18 Å². The van der Waals surface area contributed by atoms with Gasteiger partial charge in [0, 0.05) is 32.1 Å². The molecular weight excluding hydrogens is 462 g/mol. The van der Waals surface area contributed by atoms with Gasteiger partial charge in [0.1, 0.15) is 11.4 Å². The number of carbonyl (C=O) groups excluding carboxylic acids is 1. The number of aliphatic imine (C=N–C) groups is 1. The number of rotatable bonds is 6. The van der Waals surface area contributed by atoms with Gasteiger partial charge in [-0.1, -0.05) is 26.0 Å².